The highest BCUT2D eigenvalue weighted by atomic mass is 16.2. The van der Waals surface area contributed by atoms with Crippen LogP contribution in [0.2, 0.25) is 0 Å². The Morgan fingerprint density at radius 2 is 1.84 bits per heavy atom. The molecule has 0 bridgehead atoms. The van der Waals surface area contributed by atoms with Crippen molar-refractivity contribution in [1.82, 2.24) is 4.90 Å². The molecule has 19 heavy (non-hydrogen) atoms. The van der Waals surface area contributed by atoms with Crippen LogP contribution in [0, 0.1) is 0 Å². The maximum absolute atomic E-state index is 11.8. The number of hydrogen-bond acceptors (Lipinski definition) is 2. The zero-order valence-corrected chi connectivity index (χ0v) is 11.3. The maximum Gasteiger partial charge on any atom is 0.230 e. The first-order valence-electron chi connectivity index (χ1n) is 7.08. The van der Waals surface area contributed by atoms with Crippen molar-refractivity contribution in [3.8, 4) is 0 Å². The van der Waals surface area contributed by atoms with E-state index in [1.807, 2.05) is 6.92 Å². The molecule has 2 aliphatic rings. The van der Waals surface area contributed by atoms with Gasteiger partial charge in [-0.3, -0.25) is 9.59 Å². The van der Waals surface area contributed by atoms with E-state index >= 15 is 0 Å². The molecular formula is C16H19NO2. The van der Waals surface area contributed by atoms with Crippen molar-refractivity contribution in [2.45, 2.75) is 45.1 Å². The fraction of sp³-hybridized carbons (Fsp3) is 0.500. The molecule has 0 spiro atoms. The van der Waals surface area contributed by atoms with Gasteiger partial charge in [-0.05, 0) is 49.3 Å². The molecule has 0 radical (unpaired) electrons. The Balaban J connectivity index is 1.85. The van der Waals surface area contributed by atoms with Gasteiger partial charge >= 0.3 is 0 Å². The van der Waals surface area contributed by atoms with E-state index < -0.39 is 0 Å². The average Bonchev–Trinajstić information content (AvgIpc) is 2.76. The van der Waals surface area contributed by atoms with Crippen LogP contribution in [-0.2, 0) is 22.4 Å². The summed E-state index contributed by atoms with van der Waals surface area (Å²) in [7, 11) is 0. The Morgan fingerprint density at radius 1 is 1.11 bits per heavy atom. The Kier molecular flexibility index (Phi) is 3.13. The normalized spacial score (nSPS) is 20.6. The van der Waals surface area contributed by atoms with Crippen molar-refractivity contribution in [1.29, 1.82) is 0 Å². The molecule has 1 aromatic carbocycles. The van der Waals surface area contributed by atoms with Gasteiger partial charge in [0, 0.05) is 0 Å². The lowest BCUT2D eigenvalue weighted by atomic mass is 9.89. The lowest BCUT2D eigenvalue weighted by molar-refractivity contribution is -0.129. The lowest BCUT2D eigenvalue weighted by Crippen LogP contribution is -2.28. The van der Waals surface area contributed by atoms with Gasteiger partial charge in [0.25, 0.3) is 0 Å². The molecular weight excluding hydrogens is 238 g/mol. The third kappa shape index (κ3) is 2.29. The van der Waals surface area contributed by atoms with Crippen molar-refractivity contribution < 1.29 is 9.59 Å². The summed E-state index contributed by atoms with van der Waals surface area (Å²) in [6.45, 7) is 2.29. The third-order valence-corrected chi connectivity index (χ3v) is 4.34. The van der Waals surface area contributed by atoms with E-state index in [1.165, 1.54) is 30.4 Å². The van der Waals surface area contributed by atoms with Crippen LogP contribution in [0.25, 0.3) is 0 Å². The van der Waals surface area contributed by atoms with E-state index in [1.54, 1.807) is 4.90 Å². The van der Waals surface area contributed by atoms with Crippen LogP contribution in [-0.4, -0.2) is 23.1 Å². The van der Waals surface area contributed by atoms with Crippen LogP contribution in [0.15, 0.2) is 18.2 Å². The number of fused-ring (bicyclic) bond motifs is 1. The molecule has 3 heteroatoms. The molecule has 1 amide bonds. The van der Waals surface area contributed by atoms with Gasteiger partial charge in [-0.1, -0.05) is 18.2 Å². The topological polar surface area (TPSA) is 37.4 Å². The predicted octanol–water partition coefficient (Wildman–Crippen LogP) is 2.43. The molecule has 3 nitrogen and oxygen atoms in total. The first kappa shape index (κ1) is 12.4. The summed E-state index contributed by atoms with van der Waals surface area (Å²) in [6.07, 6.45) is 4.93. The van der Waals surface area contributed by atoms with Gasteiger partial charge in [0.1, 0.15) is 0 Å². The number of nitrogens with zero attached hydrogens (tertiary/aromatic N) is 1. The van der Waals surface area contributed by atoms with Gasteiger partial charge in [0.05, 0.1) is 19.0 Å². The fourth-order valence-electron chi connectivity index (χ4n) is 3.15. The zero-order valence-electron chi connectivity index (χ0n) is 11.3. The summed E-state index contributed by atoms with van der Waals surface area (Å²) in [6, 6.07) is 6.55. The van der Waals surface area contributed by atoms with E-state index in [4.69, 9.17) is 0 Å². The van der Waals surface area contributed by atoms with Crippen molar-refractivity contribution in [3.63, 3.8) is 0 Å². The summed E-state index contributed by atoms with van der Waals surface area (Å²) < 4.78 is 0. The van der Waals surface area contributed by atoms with Crippen molar-refractivity contribution in [2.75, 3.05) is 6.54 Å². The minimum Gasteiger partial charge on any atom is -0.328 e. The number of carbonyl (C=O) groups excluding carboxylic acids is 2. The molecule has 1 aromatic rings. The molecule has 1 heterocycles. The van der Waals surface area contributed by atoms with Crippen LogP contribution < -0.4 is 0 Å². The molecule has 1 aliphatic heterocycles. The Labute approximate surface area is 113 Å². The summed E-state index contributed by atoms with van der Waals surface area (Å²) >= 11 is 0. The molecule has 100 valence electrons. The number of Topliss-reactive ketones (excluding diaryl/α,β-unsaturated/α-hetero) is 1. The molecule has 0 N–H and O–H groups in total. The minimum atomic E-state index is -0.0322. The predicted molar refractivity (Wildman–Crippen MR) is 72.8 cm³/mol. The Hall–Kier alpha value is -1.64. The summed E-state index contributed by atoms with van der Waals surface area (Å²) in [5, 5.41) is 0. The number of aryl methyl sites for hydroxylation is 2. The number of hydrogen-bond donors (Lipinski definition) is 0. The first-order chi connectivity index (χ1) is 9.15. The van der Waals surface area contributed by atoms with Crippen molar-refractivity contribution >= 4 is 11.7 Å². The average molecular weight is 257 g/mol. The van der Waals surface area contributed by atoms with E-state index in [0.29, 0.717) is 0 Å². The molecule has 3 rings (SSSR count). The first-order valence-corrected chi connectivity index (χ1v) is 7.08. The smallest absolute Gasteiger partial charge is 0.230 e. The van der Waals surface area contributed by atoms with Gasteiger partial charge in [0.2, 0.25) is 5.91 Å². The minimum absolute atomic E-state index is 0.00572. The molecule has 1 atom stereocenters. The van der Waals surface area contributed by atoms with Gasteiger partial charge in [-0.2, -0.15) is 0 Å². The number of rotatable bonds is 2. The second-order valence-corrected chi connectivity index (χ2v) is 5.65. The lowest BCUT2D eigenvalue weighted by Gasteiger charge is -2.25. The van der Waals surface area contributed by atoms with Gasteiger partial charge < -0.3 is 4.90 Å². The molecule has 1 fully saturated rings. The molecule has 1 aliphatic carbocycles. The summed E-state index contributed by atoms with van der Waals surface area (Å²) in [4.78, 5) is 24.9. The molecule has 0 saturated carbocycles. The van der Waals surface area contributed by atoms with Gasteiger partial charge in [0.15, 0.2) is 5.78 Å². The Morgan fingerprint density at radius 3 is 2.53 bits per heavy atom. The van der Waals surface area contributed by atoms with Crippen LogP contribution in [0.1, 0.15) is 48.9 Å². The van der Waals surface area contributed by atoms with Crippen LogP contribution >= 0.6 is 0 Å². The quantitative estimate of drug-likeness (QED) is 0.763. The van der Waals surface area contributed by atoms with Crippen molar-refractivity contribution in [3.05, 3.63) is 34.9 Å². The maximum atomic E-state index is 11.8. The SMILES string of the molecule is CC(c1ccc2c(c1)CCCC2)N1CC(=O)CC1=O. The number of benzene rings is 1. The second kappa shape index (κ2) is 4.80. The zero-order chi connectivity index (χ0) is 13.4. The van der Waals surface area contributed by atoms with E-state index in [9.17, 15) is 9.59 Å². The van der Waals surface area contributed by atoms with Gasteiger partial charge in [-0.25, -0.2) is 0 Å². The Bertz CT molecular complexity index is 536. The largest absolute Gasteiger partial charge is 0.328 e. The van der Waals surface area contributed by atoms with Crippen LogP contribution in [0.4, 0.5) is 0 Å². The molecule has 1 unspecified atom stereocenters. The molecule has 0 aromatic heterocycles. The van der Waals surface area contributed by atoms with Crippen molar-refractivity contribution in [2.24, 2.45) is 0 Å². The van der Waals surface area contributed by atoms with Crippen LogP contribution in [0.3, 0.4) is 0 Å². The second-order valence-electron chi connectivity index (χ2n) is 5.65. The third-order valence-electron chi connectivity index (χ3n) is 4.34. The highest BCUT2D eigenvalue weighted by Crippen LogP contribution is 2.28. The summed E-state index contributed by atoms with van der Waals surface area (Å²) in [5.41, 5.74) is 4.03. The summed E-state index contributed by atoms with van der Waals surface area (Å²) in [5.74, 6) is 0.00466. The van der Waals surface area contributed by atoms with E-state index in [0.717, 1.165) is 12.0 Å². The fourth-order valence-corrected chi connectivity index (χ4v) is 3.15. The number of amides is 1. The number of ketones is 1. The standard InChI is InChI=1S/C16H19NO2/c1-11(17-10-15(18)9-16(17)19)13-7-6-12-4-2-3-5-14(12)8-13/h6-8,11H,2-5,9-10H2,1H3. The number of carbonyl (C=O) groups is 2. The highest BCUT2D eigenvalue weighted by Gasteiger charge is 2.31. The number of likely N-dealkylation sites (tertiary alicyclic amines) is 1. The van der Waals surface area contributed by atoms with Gasteiger partial charge in [-0.15, -0.1) is 0 Å². The monoisotopic (exact) mass is 257 g/mol. The van der Waals surface area contributed by atoms with Crippen LogP contribution in [0.5, 0.6) is 0 Å². The van der Waals surface area contributed by atoms with E-state index in [-0.39, 0.29) is 30.7 Å². The van der Waals surface area contributed by atoms with E-state index in [2.05, 4.69) is 18.2 Å². The molecule has 1 saturated heterocycles. The highest BCUT2D eigenvalue weighted by molar-refractivity contribution is 6.05.